The van der Waals surface area contributed by atoms with E-state index >= 15 is 0 Å². The summed E-state index contributed by atoms with van der Waals surface area (Å²) >= 11 is 1.76. The normalized spacial score (nSPS) is 11.3. The van der Waals surface area contributed by atoms with E-state index in [2.05, 4.69) is 21.7 Å². The van der Waals surface area contributed by atoms with E-state index in [0.29, 0.717) is 6.54 Å². The summed E-state index contributed by atoms with van der Waals surface area (Å²) in [6.45, 7) is 2.51. The van der Waals surface area contributed by atoms with E-state index in [1.54, 1.807) is 24.0 Å². The number of nitrogens with zero attached hydrogens (tertiary/aromatic N) is 4. The molecule has 0 radical (unpaired) electrons. The van der Waals surface area contributed by atoms with Crippen LogP contribution in [0.3, 0.4) is 0 Å². The van der Waals surface area contributed by atoms with Gasteiger partial charge in [0.05, 0.1) is 23.3 Å². The van der Waals surface area contributed by atoms with E-state index in [1.807, 2.05) is 49.0 Å². The average Bonchev–Trinajstić information content (AvgIpc) is 3.20. The molecule has 4 rings (SSSR count). The molecule has 0 atom stereocenters. The Morgan fingerprint density at radius 1 is 1.12 bits per heavy atom. The van der Waals surface area contributed by atoms with Crippen molar-refractivity contribution >= 4 is 22.8 Å². The number of phenols is 1. The highest BCUT2D eigenvalue weighted by Gasteiger charge is 2.16. The quantitative estimate of drug-likeness (QED) is 0.541. The summed E-state index contributed by atoms with van der Waals surface area (Å²) < 4.78 is 4.12. The Bertz CT molecular complexity index is 1050. The number of hydrogen-bond acceptors (Lipinski definition) is 4. The van der Waals surface area contributed by atoms with Gasteiger partial charge < -0.3 is 14.2 Å². The molecule has 2 heterocycles. The lowest BCUT2D eigenvalue weighted by Gasteiger charge is -2.08. The molecule has 4 aromatic rings. The van der Waals surface area contributed by atoms with Gasteiger partial charge in [-0.15, -0.1) is 11.8 Å². The Balaban J connectivity index is 1.69. The summed E-state index contributed by atoms with van der Waals surface area (Å²) in [5.74, 6) is 2.95. The lowest BCUT2D eigenvalue weighted by molar-refractivity contribution is 0.466. The molecule has 0 unspecified atom stereocenters. The van der Waals surface area contributed by atoms with Crippen LogP contribution in [0.15, 0.2) is 59.8 Å². The molecule has 0 saturated carbocycles. The van der Waals surface area contributed by atoms with E-state index in [0.717, 1.165) is 34.0 Å². The Hall–Kier alpha value is -2.73. The lowest BCUT2D eigenvalue weighted by atomic mass is 10.1. The third-order valence-electron chi connectivity index (χ3n) is 4.59. The largest absolute Gasteiger partial charge is 0.508 e. The van der Waals surface area contributed by atoms with Crippen molar-refractivity contribution in [3.8, 4) is 5.75 Å². The van der Waals surface area contributed by atoms with Gasteiger partial charge in [0.1, 0.15) is 17.4 Å². The van der Waals surface area contributed by atoms with Gasteiger partial charge in [-0.2, -0.15) is 0 Å². The molecule has 0 bridgehead atoms. The van der Waals surface area contributed by atoms with Crippen LogP contribution in [-0.4, -0.2) is 24.2 Å². The van der Waals surface area contributed by atoms with Gasteiger partial charge in [-0.3, -0.25) is 0 Å². The molecular weight excluding hydrogens is 344 g/mol. The van der Waals surface area contributed by atoms with Crippen LogP contribution in [-0.2, 0) is 19.3 Å². The molecule has 2 aromatic carbocycles. The maximum absolute atomic E-state index is 10.4. The van der Waals surface area contributed by atoms with Crippen molar-refractivity contribution in [2.24, 2.45) is 7.05 Å². The molecule has 0 aliphatic heterocycles. The Labute approximate surface area is 156 Å². The molecule has 132 valence electrons. The second kappa shape index (κ2) is 6.88. The number of aromatic hydroxyl groups is 1. The maximum atomic E-state index is 10.4. The van der Waals surface area contributed by atoms with Crippen molar-refractivity contribution in [1.82, 2.24) is 19.1 Å². The SMILES string of the molecule is Cc1nccn1Cc1c(O)ccc2c1nc(CSc1ccccc1)n2C. The number of aryl methyl sites for hydroxylation is 2. The second-order valence-corrected chi connectivity index (χ2v) is 7.27. The first kappa shape index (κ1) is 16.7. The fourth-order valence-corrected chi connectivity index (χ4v) is 3.95. The van der Waals surface area contributed by atoms with E-state index in [1.165, 1.54) is 4.90 Å². The predicted molar refractivity (Wildman–Crippen MR) is 104 cm³/mol. The number of phenolic OH excluding ortho intramolecular Hbond substituents is 1. The minimum absolute atomic E-state index is 0.269. The number of aromatic nitrogens is 4. The Morgan fingerprint density at radius 3 is 2.65 bits per heavy atom. The predicted octanol–water partition coefficient (Wildman–Crippen LogP) is 4.12. The zero-order valence-electron chi connectivity index (χ0n) is 14.8. The highest BCUT2D eigenvalue weighted by molar-refractivity contribution is 7.98. The number of thioether (sulfide) groups is 1. The molecule has 0 saturated heterocycles. The molecule has 0 fully saturated rings. The summed E-state index contributed by atoms with van der Waals surface area (Å²) in [6.07, 6.45) is 3.69. The van der Waals surface area contributed by atoms with Crippen molar-refractivity contribution in [2.75, 3.05) is 0 Å². The second-order valence-electron chi connectivity index (χ2n) is 6.22. The molecule has 0 aliphatic rings. The maximum Gasteiger partial charge on any atom is 0.122 e. The van der Waals surface area contributed by atoms with E-state index in [4.69, 9.17) is 4.98 Å². The summed E-state index contributed by atoms with van der Waals surface area (Å²) in [7, 11) is 2.03. The third-order valence-corrected chi connectivity index (χ3v) is 5.60. The molecule has 0 amide bonds. The summed E-state index contributed by atoms with van der Waals surface area (Å²) in [6, 6.07) is 14.0. The first-order chi connectivity index (χ1) is 12.6. The molecule has 26 heavy (non-hydrogen) atoms. The Morgan fingerprint density at radius 2 is 1.92 bits per heavy atom. The number of benzene rings is 2. The number of imidazole rings is 2. The molecule has 5 nitrogen and oxygen atoms in total. The highest BCUT2D eigenvalue weighted by atomic mass is 32.2. The van der Waals surface area contributed by atoms with Crippen molar-refractivity contribution in [3.05, 3.63) is 72.1 Å². The van der Waals surface area contributed by atoms with E-state index in [9.17, 15) is 5.11 Å². The van der Waals surface area contributed by atoms with Gasteiger partial charge >= 0.3 is 0 Å². The molecule has 2 aromatic heterocycles. The topological polar surface area (TPSA) is 55.9 Å². The van der Waals surface area contributed by atoms with Crippen molar-refractivity contribution in [3.63, 3.8) is 0 Å². The monoisotopic (exact) mass is 364 g/mol. The third kappa shape index (κ3) is 3.08. The molecule has 6 heteroatoms. The molecule has 0 aliphatic carbocycles. The lowest BCUT2D eigenvalue weighted by Crippen LogP contribution is -2.02. The standard InChI is InChI=1S/C20H20N4OS/c1-14-21-10-11-24(14)12-16-18(25)9-8-17-20(16)22-19(23(17)2)13-26-15-6-4-3-5-7-15/h3-11,25H,12-13H2,1-2H3. The van der Waals surface area contributed by atoms with Crippen molar-refractivity contribution in [2.45, 2.75) is 24.1 Å². The van der Waals surface area contributed by atoms with E-state index in [-0.39, 0.29) is 5.75 Å². The van der Waals surface area contributed by atoms with Crippen LogP contribution in [0.2, 0.25) is 0 Å². The van der Waals surface area contributed by atoms with Crippen LogP contribution < -0.4 is 0 Å². The van der Waals surface area contributed by atoms with Crippen LogP contribution >= 0.6 is 11.8 Å². The van der Waals surface area contributed by atoms with Gasteiger partial charge in [0, 0.05) is 29.9 Å². The van der Waals surface area contributed by atoms with Crippen LogP contribution in [0.5, 0.6) is 5.75 Å². The summed E-state index contributed by atoms with van der Waals surface area (Å²) in [5, 5.41) is 10.4. The average molecular weight is 364 g/mol. The minimum atomic E-state index is 0.269. The molecule has 1 N–H and O–H groups in total. The Kier molecular flexibility index (Phi) is 4.42. The van der Waals surface area contributed by atoms with Crippen molar-refractivity contribution < 1.29 is 5.11 Å². The molecule has 0 spiro atoms. The van der Waals surface area contributed by atoms with Crippen LogP contribution in [0.1, 0.15) is 17.2 Å². The molecular formula is C20H20N4OS. The number of hydrogen-bond donors (Lipinski definition) is 1. The van der Waals surface area contributed by atoms with Gasteiger partial charge in [-0.05, 0) is 31.2 Å². The first-order valence-electron chi connectivity index (χ1n) is 8.45. The fourth-order valence-electron chi connectivity index (χ4n) is 3.04. The smallest absolute Gasteiger partial charge is 0.122 e. The zero-order valence-corrected chi connectivity index (χ0v) is 15.6. The van der Waals surface area contributed by atoms with Gasteiger partial charge in [0.15, 0.2) is 0 Å². The van der Waals surface area contributed by atoms with Gasteiger partial charge in [-0.25, -0.2) is 9.97 Å². The number of rotatable bonds is 5. The van der Waals surface area contributed by atoms with Gasteiger partial charge in [0.2, 0.25) is 0 Å². The fraction of sp³-hybridized carbons (Fsp3) is 0.200. The summed E-state index contributed by atoms with van der Waals surface area (Å²) in [4.78, 5) is 10.3. The van der Waals surface area contributed by atoms with E-state index < -0.39 is 0 Å². The first-order valence-corrected chi connectivity index (χ1v) is 9.44. The van der Waals surface area contributed by atoms with Gasteiger partial charge in [0.25, 0.3) is 0 Å². The number of fused-ring (bicyclic) bond motifs is 1. The van der Waals surface area contributed by atoms with Crippen molar-refractivity contribution in [1.29, 1.82) is 0 Å². The minimum Gasteiger partial charge on any atom is -0.508 e. The highest BCUT2D eigenvalue weighted by Crippen LogP contribution is 2.30. The van der Waals surface area contributed by atoms with Crippen LogP contribution in [0.4, 0.5) is 0 Å². The van der Waals surface area contributed by atoms with Crippen LogP contribution in [0.25, 0.3) is 11.0 Å². The summed E-state index contributed by atoms with van der Waals surface area (Å²) in [5.41, 5.74) is 2.71. The van der Waals surface area contributed by atoms with Gasteiger partial charge in [-0.1, -0.05) is 18.2 Å². The zero-order chi connectivity index (χ0) is 18.1. The van der Waals surface area contributed by atoms with Crippen LogP contribution in [0, 0.1) is 6.92 Å².